The lowest BCUT2D eigenvalue weighted by Crippen LogP contribution is -2.12. The number of aryl methyl sites for hydroxylation is 2. The van der Waals surface area contributed by atoms with E-state index in [0.717, 1.165) is 17.1 Å². The molecule has 2 nitrogen and oxygen atoms in total. The standard InChI is InChI=1S/C11H17NOS/c1-5-7(2)10(13)6-11-12-8(3)9(4)14-11/h7H,5-6H2,1-4H3. The normalized spacial score (nSPS) is 12.9. The van der Waals surface area contributed by atoms with Crippen LogP contribution in [0.15, 0.2) is 0 Å². The topological polar surface area (TPSA) is 30.0 Å². The molecule has 1 aromatic heterocycles. The molecule has 1 atom stereocenters. The third kappa shape index (κ3) is 2.64. The summed E-state index contributed by atoms with van der Waals surface area (Å²) in [4.78, 5) is 17.2. The average molecular weight is 211 g/mol. The third-order valence-electron chi connectivity index (χ3n) is 2.56. The first kappa shape index (κ1) is 11.4. The van der Waals surface area contributed by atoms with Gasteiger partial charge in [0.1, 0.15) is 10.8 Å². The predicted octanol–water partition coefficient (Wildman–Crippen LogP) is 2.92. The molecule has 0 N–H and O–H groups in total. The highest BCUT2D eigenvalue weighted by Crippen LogP contribution is 2.18. The summed E-state index contributed by atoms with van der Waals surface area (Å²) in [5.41, 5.74) is 1.06. The molecule has 0 spiro atoms. The summed E-state index contributed by atoms with van der Waals surface area (Å²) >= 11 is 1.64. The fraction of sp³-hybridized carbons (Fsp3) is 0.636. The molecule has 1 rings (SSSR count). The summed E-state index contributed by atoms with van der Waals surface area (Å²) in [5, 5.41) is 0.963. The van der Waals surface area contributed by atoms with Crippen LogP contribution in [0.5, 0.6) is 0 Å². The van der Waals surface area contributed by atoms with Crippen molar-refractivity contribution in [2.45, 2.75) is 40.5 Å². The second-order valence-electron chi connectivity index (χ2n) is 3.70. The number of Topliss-reactive ketones (excluding diaryl/α,β-unsaturated/α-hetero) is 1. The van der Waals surface area contributed by atoms with Crippen LogP contribution < -0.4 is 0 Å². The lowest BCUT2D eigenvalue weighted by Gasteiger charge is -2.04. The molecule has 0 amide bonds. The Morgan fingerprint density at radius 3 is 2.57 bits per heavy atom. The molecule has 0 aromatic carbocycles. The highest BCUT2D eigenvalue weighted by Gasteiger charge is 2.13. The second-order valence-corrected chi connectivity index (χ2v) is 4.99. The van der Waals surface area contributed by atoms with Crippen LogP contribution in [-0.2, 0) is 11.2 Å². The van der Waals surface area contributed by atoms with E-state index >= 15 is 0 Å². The molecule has 1 heterocycles. The zero-order valence-electron chi connectivity index (χ0n) is 9.26. The molecule has 0 aliphatic carbocycles. The number of carbonyl (C=O) groups excluding carboxylic acids is 1. The van der Waals surface area contributed by atoms with Crippen LogP contribution in [0.2, 0.25) is 0 Å². The highest BCUT2D eigenvalue weighted by molar-refractivity contribution is 7.11. The molecule has 0 radical (unpaired) electrons. The van der Waals surface area contributed by atoms with E-state index in [4.69, 9.17) is 0 Å². The number of nitrogens with zero attached hydrogens (tertiary/aromatic N) is 1. The molecule has 1 unspecified atom stereocenters. The zero-order chi connectivity index (χ0) is 10.7. The van der Waals surface area contributed by atoms with Gasteiger partial charge in [0.05, 0.1) is 12.1 Å². The van der Waals surface area contributed by atoms with E-state index in [9.17, 15) is 4.79 Å². The van der Waals surface area contributed by atoms with Crippen LogP contribution in [0.4, 0.5) is 0 Å². The number of thiazole rings is 1. The lowest BCUT2D eigenvalue weighted by atomic mass is 10.0. The minimum Gasteiger partial charge on any atom is -0.299 e. The van der Waals surface area contributed by atoms with Crippen molar-refractivity contribution in [3.63, 3.8) is 0 Å². The van der Waals surface area contributed by atoms with Crippen LogP contribution >= 0.6 is 11.3 Å². The number of rotatable bonds is 4. The van der Waals surface area contributed by atoms with Crippen LogP contribution in [0.25, 0.3) is 0 Å². The molecule has 14 heavy (non-hydrogen) atoms. The monoisotopic (exact) mass is 211 g/mol. The van der Waals surface area contributed by atoms with Crippen molar-refractivity contribution < 1.29 is 4.79 Å². The van der Waals surface area contributed by atoms with E-state index in [2.05, 4.69) is 4.98 Å². The van der Waals surface area contributed by atoms with E-state index < -0.39 is 0 Å². The van der Waals surface area contributed by atoms with Crippen molar-refractivity contribution in [3.05, 3.63) is 15.6 Å². The van der Waals surface area contributed by atoms with Gasteiger partial charge in [0.2, 0.25) is 0 Å². The van der Waals surface area contributed by atoms with Gasteiger partial charge in [-0.3, -0.25) is 4.79 Å². The van der Waals surface area contributed by atoms with Gasteiger partial charge in [-0.2, -0.15) is 0 Å². The quantitative estimate of drug-likeness (QED) is 0.766. The van der Waals surface area contributed by atoms with Gasteiger partial charge in [0.25, 0.3) is 0 Å². The number of aromatic nitrogens is 1. The summed E-state index contributed by atoms with van der Waals surface area (Å²) in [6, 6.07) is 0. The minimum absolute atomic E-state index is 0.166. The van der Waals surface area contributed by atoms with Crippen molar-refractivity contribution in [2.75, 3.05) is 0 Å². The molecule has 0 bridgehead atoms. The largest absolute Gasteiger partial charge is 0.299 e. The molecule has 0 aliphatic rings. The van der Waals surface area contributed by atoms with E-state index in [1.807, 2.05) is 27.7 Å². The predicted molar refractivity (Wildman–Crippen MR) is 59.8 cm³/mol. The first-order valence-electron chi connectivity index (χ1n) is 5.00. The average Bonchev–Trinajstić information content (AvgIpc) is 2.44. The molecule has 1 aromatic rings. The Kier molecular flexibility index (Phi) is 3.81. The summed E-state index contributed by atoms with van der Waals surface area (Å²) in [6.07, 6.45) is 1.43. The Labute approximate surface area is 89.4 Å². The van der Waals surface area contributed by atoms with Crippen LogP contribution in [0, 0.1) is 19.8 Å². The van der Waals surface area contributed by atoms with Crippen molar-refractivity contribution in [3.8, 4) is 0 Å². The van der Waals surface area contributed by atoms with E-state index in [0.29, 0.717) is 12.2 Å². The number of hydrogen-bond donors (Lipinski definition) is 0. The Morgan fingerprint density at radius 1 is 1.50 bits per heavy atom. The molecule has 0 aliphatic heterocycles. The first-order valence-corrected chi connectivity index (χ1v) is 5.81. The SMILES string of the molecule is CCC(C)C(=O)Cc1nc(C)c(C)s1. The molecule has 78 valence electrons. The number of carbonyl (C=O) groups is 1. The first-order chi connectivity index (χ1) is 6.54. The fourth-order valence-electron chi connectivity index (χ4n) is 1.17. The van der Waals surface area contributed by atoms with Crippen molar-refractivity contribution in [2.24, 2.45) is 5.92 Å². The summed E-state index contributed by atoms with van der Waals surface area (Å²) in [6.45, 7) is 8.06. The Morgan fingerprint density at radius 2 is 2.14 bits per heavy atom. The maximum Gasteiger partial charge on any atom is 0.142 e. The Balaban J connectivity index is 2.65. The number of hydrogen-bond acceptors (Lipinski definition) is 3. The Hall–Kier alpha value is -0.700. The molecule has 0 saturated carbocycles. The molecular formula is C11H17NOS. The van der Waals surface area contributed by atoms with Gasteiger partial charge < -0.3 is 0 Å². The zero-order valence-corrected chi connectivity index (χ0v) is 10.1. The summed E-state index contributed by atoms with van der Waals surface area (Å²) in [5.74, 6) is 0.473. The maximum atomic E-state index is 11.6. The van der Waals surface area contributed by atoms with Gasteiger partial charge in [-0.1, -0.05) is 13.8 Å². The van der Waals surface area contributed by atoms with Gasteiger partial charge in [-0.25, -0.2) is 4.98 Å². The number of ketones is 1. The summed E-state index contributed by atoms with van der Waals surface area (Å²) in [7, 11) is 0. The van der Waals surface area contributed by atoms with E-state index in [1.54, 1.807) is 11.3 Å². The van der Waals surface area contributed by atoms with Gasteiger partial charge in [-0.05, 0) is 20.3 Å². The van der Waals surface area contributed by atoms with Gasteiger partial charge in [0.15, 0.2) is 0 Å². The molecule has 0 saturated heterocycles. The van der Waals surface area contributed by atoms with Gasteiger partial charge >= 0.3 is 0 Å². The van der Waals surface area contributed by atoms with Crippen molar-refractivity contribution in [1.82, 2.24) is 4.98 Å². The van der Waals surface area contributed by atoms with E-state index in [-0.39, 0.29) is 5.92 Å². The van der Waals surface area contributed by atoms with Crippen molar-refractivity contribution >= 4 is 17.1 Å². The van der Waals surface area contributed by atoms with Crippen LogP contribution in [-0.4, -0.2) is 10.8 Å². The maximum absolute atomic E-state index is 11.6. The molecular weight excluding hydrogens is 194 g/mol. The minimum atomic E-state index is 0.166. The summed E-state index contributed by atoms with van der Waals surface area (Å²) < 4.78 is 0. The lowest BCUT2D eigenvalue weighted by molar-refractivity contribution is -0.121. The van der Waals surface area contributed by atoms with Crippen LogP contribution in [0.1, 0.15) is 35.8 Å². The van der Waals surface area contributed by atoms with Crippen molar-refractivity contribution in [1.29, 1.82) is 0 Å². The van der Waals surface area contributed by atoms with Gasteiger partial charge in [-0.15, -0.1) is 11.3 Å². The smallest absolute Gasteiger partial charge is 0.142 e. The van der Waals surface area contributed by atoms with Gasteiger partial charge in [0, 0.05) is 10.8 Å². The molecule has 3 heteroatoms. The van der Waals surface area contributed by atoms with E-state index in [1.165, 1.54) is 4.88 Å². The highest BCUT2D eigenvalue weighted by atomic mass is 32.1. The Bertz CT molecular complexity index is 311. The third-order valence-corrected chi connectivity index (χ3v) is 3.63. The molecule has 0 fully saturated rings. The second kappa shape index (κ2) is 4.69. The fourth-order valence-corrected chi connectivity index (χ4v) is 2.11. The van der Waals surface area contributed by atoms with Crippen LogP contribution in [0.3, 0.4) is 0 Å².